The van der Waals surface area contributed by atoms with Gasteiger partial charge in [-0.1, -0.05) is 0 Å². The van der Waals surface area contributed by atoms with E-state index in [1.165, 1.54) is 0 Å². The van der Waals surface area contributed by atoms with Crippen molar-refractivity contribution in [3.8, 4) is 0 Å². The summed E-state index contributed by atoms with van der Waals surface area (Å²) in [6.07, 6.45) is 6.31. The molecule has 2 heterocycles. The van der Waals surface area contributed by atoms with Crippen LogP contribution in [0.1, 0.15) is 31.5 Å². The number of aromatic nitrogens is 5. The molecule has 2 aromatic heterocycles. The number of imidazole rings is 1. The third kappa shape index (κ3) is 2.95. The van der Waals surface area contributed by atoms with Gasteiger partial charge in [0.2, 0.25) is 0 Å². The van der Waals surface area contributed by atoms with Gasteiger partial charge >= 0.3 is 0 Å². The van der Waals surface area contributed by atoms with Gasteiger partial charge in [-0.2, -0.15) is 5.10 Å². The van der Waals surface area contributed by atoms with Gasteiger partial charge in [0, 0.05) is 38.4 Å². The molecule has 0 aromatic carbocycles. The molecule has 98 valence electrons. The Labute approximate surface area is 107 Å². The number of nitrogens with one attached hydrogen (secondary N) is 1. The maximum atomic E-state index is 4.29. The molecular formula is C12H20N6. The fourth-order valence-corrected chi connectivity index (χ4v) is 1.87. The summed E-state index contributed by atoms with van der Waals surface area (Å²) in [7, 11) is 2.01. The Morgan fingerprint density at radius 1 is 1.28 bits per heavy atom. The second kappa shape index (κ2) is 5.77. The van der Waals surface area contributed by atoms with Crippen molar-refractivity contribution in [3.63, 3.8) is 0 Å². The molecule has 6 heteroatoms. The normalized spacial score (nSPS) is 11.3. The Bertz CT molecular complexity index is 484. The van der Waals surface area contributed by atoms with Gasteiger partial charge in [-0.15, -0.1) is 0 Å². The van der Waals surface area contributed by atoms with Crippen LogP contribution in [0.2, 0.25) is 0 Å². The number of aryl methyl sites for hydroxylation is 1. The van der Waals surface area contributed by atoms with Crippen LogP contribution in [0.3, 0.4) is 0 Å². The predicted molar refractivity (Wildman–Crippen MR) is 69.0 cm³/mol. The van der Waals surface area contributed by atoms with Gasteiger partial charge in [0.05, 0.1) is 6.54 Å². The Kier molecular flexibility index (Phi) is 4.09. The minimum Gasteiger partial charge on any atom is -0.338 e. The monoisotopic (exact) mass is 248 g/mol. The molecule has 0 saturated heterocycles. The summed E-state index contributed by atoms with van der Waals surface area (Å²) in [6, 6.07) is 0.346. The minimum absolute atomic E-state index is 0.346. The molecule has 0 aliphatic rings. The first kappa shape index (κ1) is 12.8. The van der Waals surface area contributed by atoms with E-state index >= 15 is 0 Å². The summed E-state index contributed by atoms with van der Waals surface area (Å²) in [5, 5.41) is 7.58. The minimum atomic E-state index is 0.346. The van der Waals surface area contributed by atoms with E-state index in [-0.39, 0.29) is 0 Å². The van der Waals surface area contributed by atoms with Crippen molar-refractivity contribution in [1.29, 1.82) is 0 Å². The Hall–Kier alpha value is -1.69. The zero-order chi connectivity index (χ0) is 13.0. The highest BCUT2D eigenvalue weighted by Crippen LogP contribution is 2.04. The van der Waals surface area contributed by atoms with Gasteiger partial charge in [0.25, 0.3) is 0 Å². The fourth-order valence-electron chi connectivity index (χ4n) is 1.87. The quantitative estimate of drug-likeness (QED) is 0.772. The molecule has 0 bridgehead atoms. The second-order valence-electron chi connectivity index (χ2n) is 4.60. The van der Waals surface area contributed by atoms with Crippen LogP contribution in [0.5, 0.6) is 0 Å². The van der Waals surface area contributed by atoms with Crippen LogP contribution in [0.4, 0.5) is 0 Å². The first-order chi connectivity index (χ1) is 8.68. The van der Waals surface area contributed by atoms with Crippen molar-refractivity contribution < 1.29 is 0 Å². The molecule has 0 saturated carbocycles. The van der Waals surface area contributed by atoms with E-state index in [2.05, 4.69) is 34.2 Å². The topological polar surface area (TPSA) is 60.6 Å². The molecule has 0 aliphatic heterocycles. The molecule has 0 radical (unpaired) electrons. The van der Waals surface area contributed by atoms with E-state index in [4.69, 9.17) is 0 Å². The van der Waals surface area contributed by atoms with Crippen LogP contribution in [-0.2, 0) is 20.0 Å². The lowest BCUT2D eigenvalue weighted by Crippen LogP contribution is -2.21. The lowest BCUT2D eigenvalue weighted by atomic mass is 10.3. The number of rotatable bonds is 6. The molecule has 6 nitrogen and oxygen atoms in total. The lowest BCUT2D eigenvalue weighted by molar-refractivity contribution is 0.489. The van der Waals surface area contributed by atoms with Crippen molar-refractivity contribution in [3.05, 3.63) is 30.4 Å². The van der Waals surface area contributed by atoms with Gasteiger partial charge in [-0.25, -0.2) is 14.6 Å². The molecule has 0 atom stereocenters. The van der Waals surface area contributed by atoms with Crippen LogP contribution in [0, 0.1) is 0 Å². The van der Waals surface area contributed by atoms with Gasteiger partial charge in [0.1, 0.15) is 18.0 Å². The Balaban J connectivity index is 1.79. The van der Waals surface area contributed by atoms with Crippen LogP contribution < -0.4 is 5.32 Å². The molecule has 0 unspecified atom stereocenters. The number of nitrogens with zero attached hydrogens (tertiary/aromatic N) is 5. The highest BCUT2D eigenvalue weighted by molar-refractivity contribution is 4.92. The average molecular weight is 248 g/mol. The zero-order valence-electron chi connectivity index (χ0n) is 11.2. The van der Waals surface area contributed by atoms with Crippen molar-refractivity contribution in [1.82, 2.24) is 29.6 Å². The summed E-state index contributed by atoms with van der Waals surface area (Å²) >= 11 is 0. The molecule has 1 N–H and O–H groups in total. The summed E-state index contributed by atoms with van der Waals surface area (Å²) in [5.74, 6) is 2.07. The van der Waals surface area contributed by atoms with E-state index < -0.39 is 0 Å². The molecule has 18 heavy (non-hydrogen) atoms. The molecular weight excluding hydrogens is 228 g/mol. The van der Waals surface area contributed by atoms with Crippen molar-refractivity contribution >= 4 is 0 Å². The van der Waals surface area contributed by atoms with E-state index in [1.54, 1.807) is 6.33 Å². The first-order valence-corrected chi connectivity index (χ1v) is 6.23. The van der Waals surface area contributed by atoms with Crippen LogP contribution in [0.25, 0.3) is 0 Å². The number of hydrogen-bond acceptors (Lipinski definition) is 4. The van der Waals surface area contributed by atoms with Crippen molar-refractivity contribution in [2.45, 2.75) is 32.9 Å². The van der Waals surface area contributed by atoms with E-state index in [0.29, 0.717) is 6.04 Å². The summed E-state index contributed by atoms with van der Waals surface area (Å²) in [5.41, 5.74) is 0. The predicted octanol–water partition coefficient (Wildman–Crippen LogP) is 0.925. The summed E-state index contributed by atoms with van der Waals surface area (Å²) < 4.78 is 3.98. The maximum absolute atomic E-state index is 4.29. The molecule has 0 fully saturated rings. The largest absolute Gasteiger partial charge is 0.338 e. The molecule has 0 spiro atoms. The average Bonchev–Trinajstić information content (AvgIpc) is 2.94. The Morgan fingerprint density at radius 3 is 2.78 bits per heavy atom. The standard InChI is InChI=1S/C12H20N6/c1-10(2)18-12(15-9-16-18)8-13-5-4-11-14-6-7-17(11)3/h6-7,9-10,13H,4-5,8H2,1-3H3. The van der Waals surface area contributed by atoms with Gasteiger partial charge < -0.3 is 9.88 Å². The zero-order valence-corrected chi connectivity index (χ0v) is 11.2. The van der Waals surface area contributed by atoms with E-state index in [0.717, 1.165) is 31.2 Å². The van der Waals surface area contributed by atoms with Crippen LogP contribution in [-0.4, -0.2) is 30.9 Å². The number of hydrogen-bond donors (Lipinski definition) is 1. The third-order valence-electron chi connectivity index (χ3n) is 2.87. The summed E-state index contributed by atoms with van der Waals surface area (Å²) in [4.78, 5) is 8.54. The van der Waals surface area contributed by atoms with Crippen LogP contribution >= 0.6 is 0 Å². The smallest absolute Gasteiger partial charge is 0.141 e. The first-order valence-electron chi connectivity index (χ1n) is 6.23. The van der Waals surface area contributed by atoms with Crippen LogP contribution in [0.15, 0.2) is 18.7 Å². The SMILES string of the molecule is CC(C)n1ncnc1CNCCc1nccn1C. The molecule has 2 rings (SSSR count). The maximum Gasteiger partial charge on any atom is 0.141 e. The highest BCUT2D eigenvalue weighted by Gasteiger charge is 2.06. The molecule has 0 amide bonds. The fraction of sp³-hybridized carbons (Fsp3) is 0.583. The van der Waals surface area contributed by atoms with Gasteiger partial charge in [0.15, 0.2) is 0 Å². The second-order valence-corrected chi connectivity index (χ2v) is 4.60. The van der Waals surface area contributed by atoms with Crippen molar-refractivity contribution in [2.24, 2.45) is 7.05 Å². The summed E-state index contributed by atoms with van der Waals surface area (Å²) in [6.45, 7) is 5.83. The Morgan fingerprint density at radius 2 is 2.11 bits per heavy atom. The lowest BCUT2D eigenvalue weighted by Gasteiger charge is -2.10. The van der Waals surface area contributed by atoms with E-state index in [1.807, 2.05) is 28.7 Å². The molecule has 2 aromatic rings. The third-order valence-corrected chi connectivity index (χ3v) is 2.87. The molecule has 0 aliphatic carbocycles. The van der Waals surface area contributed by atoms with Gasteiger partial charge in [-0.05, 0) is 13.8 Å². The van der Waals surface area contributed by atoms with E-state index in [9.17, 15) is 0 Å². The highest BCUT2D eigenvalue weighted by atomic mass is 15.3. The van der Waals surface area contributed by atoms with Crippen molar-refractivity contribution in [2.75, 3.05) is 6.54 Å². The van der Waals surface area contributed by atoms with Gasteiger partial charge in [-0.3, -0.25) is 0 Å².